The van der Waals surface area contributed by atoms with Crippen LogP contribution >= 0.6 is 0 Å². The van der Waals surface area contributed by atoms with E-state index in [0.29, 0.717) is 6.42 Å². The number of rotatable bonds is 5. The van der Waals surface area contributed by atoms with E-state index in [1.54, 1.807) is 0 Å². The molecule has 7 nitrogen and oxygen atoms in total. The van der Waals surface area contributed by atoms with Crippen LogP contribution in [-0.2, 0) is 14.4 Å². The fourth-order valence-corrected chi connectivity index (χ4v) is 2.40. The summed E-state index contributed by atoms with van der Waals surface area (Å²) in [5, 5.41) is 18.1. The molecule has 1 aliphatic heterocycles. The van der Waals surface area contributed by atoms with Crippen molar-refractivity contribution < 1.29 is 24.6 Å². The zero-order chi connectivity index (χ0) is 14.6. The van der Waals surface area contributed by atoms with Gasteiger partial charge in [0.25, 0.3) is 0 Å². The SMILES string of the molecule is CCC(CN)C(=O)N1CCC(C(=O)O)C(C(=O)O)C1. The Labute approximate surface area is 111 Å². The first-order chi connectivity index (χ1) is 8.92. The highest BCUT2D eigenvalue weighted by Crippen LogP contribution is 2.25. The van der Waals surface area contributed by atoms with Gasteiger partial charge in [0, 0.05) is 19.6 Å². The van der Waals surface area contributed by atoms with Crippen LogP contribution in [0.1, 0.15) is 19.8 Å². The average molecular weight is 272 g/mol. The molecule has 1 heterocycles. The number of carbonyl (C=O) groups is 3. The molecule has 7 heteroatoms. The smallest absolute Gasteiger partial charge is 0.309 e. The molecule has 1 aliphatic rings. The van der Waals surface area contributed by atoms with Crippen molar-refractivity contribution in [2.45, 2.75) is 19.8 Å². The highest BCUT2D eigenvalue weighted by Gasteiger charge is 2.40. The molecule has 4 N–H and O–H groups in total. The lowest BCUT2D eigenvalue weighted by atomic mass is 9.85. The van der Waals surface area contributed by atoms with E-state index in [4.69, 9.17) is 15.9 Å². The minimum absolute atomic E-state index is 0.0539. The van der Waals surface area contributed by atoms with Gasteiger partial charge in [0.1, 0.15) is 0 Å². The van der Waals surface area contributed by atoms with Gasteiger partial charge in [-0.25, -0.2) is 0 Å². The number of carboxylic acid groups (broad SMARTS) is 2. The van der Waals surface area contributed by atoms with Crippen LogP contribution in [0.5, 0.6) is 0 Å². The number of carboxylic acids is 2. The van der Waals surface area contributed by atoms with Crippen LogP contribution in [0.15, 0.2) is 0 Å². The fourth-order valence-electron chi connectivity index (χ4n) is 2.40. The highest BCUT2D eigenvalue weighted by molar-refractivity contribution is 5.83. The van der Waals surface area contributed by atoms with Gasteiger partial charge in [-0.1, -0.05) is 6.92 Å². The first kappa shape index (κ1) is 15.4. The maximum atomic E-state index is 12.1. The van der Waals surface area contributed by atoms with Gasteiger partial charge in [0.15, 0.2) is 0 Å². The van der Waals surface area contributed by atoms with Crippen molar-refractivity contribution in [1.82, 2.24) is 4.90 Å². The van der Waals surface area contributed by atoms with Gasteiger partial charge in [-0.15, -0.1) is 0 Å². The Bertz CT molecular complexity index is 367. The van der Waals surface area contributed by atoms with Crippen molar-refractivity contribution in [3.8, 4) is 0 Å². The largest absolute Gasteiger partial charge is 0.481 e. The molecule has 0 aliphatic carbocycles. The molecule has 0 bridgehead atoms. The van der Waals surface area contributed by atoms with Crippen molar-refractivity contribution in [1.29, 1.82) is 0 Å². The van der Waals surface area contributed by atoms with Crippen LogP contribution in [-0.4, -0.2) is 52.6 Å². The Morgan fingerprint density at radius 2 is 1.84 bits per heavy atom. The number of nitrogens with two attached hydrogens (primary N) is 1. The molecule has 1 amide bonds. The van der Waals surface area contributed by atoms with Crippen molar-refractivity contribution in [2.75, 3.05) is 19.6 Å². The summed E-state index contributed by atoms with van der Waals surface area (Å²) in [5.74, 6) is -4.78. The minimum Gasteiger partial charge on any atom is -0.481 e. The molecular formula is C12H20N2O5. The van der Waals surface area contributed by atoms with E-state index in [2.05, 4.69) is 0 Å². The van der Waals surface area contributed by atoms with E-state index >= 15 is 0 Å². The first-order valence-corrected chi connectivity index (χ1v) is 6.36. The molecule has 3 unspecified atom stereocenters. The second-order valence-corrected chi connectivity index (χ2v) is 4.80. The van der Waals surface area contributed by atoms with Crippen LogP contribution in [0.25, 0.3) is 0 Å². The zero-order valence-corrected chi connectivity index (χ0v) is 10.9. The van der Waals surface area contributed by atoms with E-state index in [1.807, 2.05) is 6.92 Å². The first-order valence-electron chi connectivity index (χ1n) is 6.36. The Morgan fingerprint density at radius 1 is 1.26 bits per heavy atom. The molecule has 1 fully saturated rings. The number of nitrogens with zero attached hydrogens (tertiary/aromatic N) is 1. The highest BCUT2D eigenvalue weighted by atomic mass is 16.4. The molecule has 19 heavy (non-hydrogen) atoms. The predicted octanol–water partition coefficient (Wildman–Crippen LogP) is -0.395. The molecular weight excluding hydrogens is 252 g/mol. The quantitative estimate of drug-likeness (QED) is 0.626. The van der Waals surface area contributed by atoms with E-state index in [0.717, 1.165) is 0 Å². The lowest BCUT2D eigenvalue weighted by molar-refractivity contribution is -0.159. The summed E-state index contributed by atoms with van der Waals surface area (Å²) in [4.78, 5) is 35.7. The summed E-state index contributed by atoms with van der Waals surface area (Å²) in [6.07, 6.45) is 0.755. The molecule has 108 valence electrons. The summed E-state index contributed by atoms with van der Waals surface area (Å²) in [7, 11) is 0. The van der Waals surface area contributed by atoms with Gasteiger partial charge in [0.05, 0.1) is 17.8 Å². The summed E-state index contributed by atoms with van der Waals surface area (Å²) >= 11 is 0. The zero-order valence-electron chi connectivity index (χ0n) is 10.9. The van der Waals surface area contributed by atoms with E-state index in [1.165, 1.54) is 4.90 Å². The average Bonchev–Trinajstić information content (AvgIpc) is 2.39. The van der Waals surface area contributed by atoms with Crippen molar-refractivity contribution in [3.63, 3.8) is 0 Å². The third kappa shape index (κ3) is 3.44. The molecule has 0 spiro atoms. The second-order valence-electron chi connectivity index (χ2n) is 4.80. The van der Waals surface area contributed by atoms with Gasteiger partial charge in [0.2, 0.25) is 5.91 Å². The summed E-state index contributed by atoms with van der Waals surface area (Å²) in [6, 6.07) is 0. The van der Waals surface area contributed by atoms with Gasteiger partial charge in [-0.2, -0.15) is 0 Å². The molecule has 3 atom stereocenters. The number of aliphatic carboxylic acids is 2. The Kier molecular flexibility index (Phi) is 5.29. The van der Waals surface area contributed by atoms with E-state index in [9.17, 15) is 14.4 Å². The van der Waals surface area contributed by atoms with E-state index in [-0.39, 0.29) is 37.9 Å². The molecule has 0 saturated carbocycles. The van der Waals surface area contributed by atoms with Crippen LogP contribution in [0.3, 0.4) is 0 Å². The predicted molar refractivity (Wildman–Crippen MR) is 66.3 cm³/mol. The van der Waals surface area contributed by atoms with Gasteiger partial charge in [-0.05, 0) is 12.8 Å². The standard InChI is InChI=1S/C12H20N2O5/c1-2-7(5-13)10(15)14-4-3-8(11(16)17)9(6-14)12(18)19/h7-9H,2-6,13H2,1H3,(H,16,17)(H,18,19). The summed E-state index contributed by atoms with van der Waals surface area (Å²) in [6.45, 7) is 2.28. The Balaban J connectivity index is 2.79. The van der Waals surface area contributed by atoms with E-state index < -0.39 is 23.8 Å². The summed E-state index contributed by atoms with van der Waals surface area (Å²) in [5.41, 5.74) is 5.50. The molecule has 0 aromatic rings. The van der Waals surface area contributed by atoms with Crippen LogP contribution < -0.4 is 5.73 Å². The van der Waals surface area contributed by atoms with Crippen LogP contribution in [0.4, 0.5) is 0 Å². The minimum atomic E-state index is -1.18. The number of piperidine rings is 1. The third-order valence-electron chi connectivity index (χ3n) is 3.69. The number of carbonyl (C=O) groups excluding carboxylic acids is 1. The maximum absolute atomic E-state index is 12.1. The molecule has 1 saturated heterocycles. The number of likely N-dealkylation sites (tertiary alicyclic amines) is 1. The Hall–Kier alpha value is -1.63. The third-order valence-corrected chi connectivity index (χ3v) is 3.69. The monoisotopic (exact) mass is 272 g/mol. The normalized spacial score (nSPS) is 24.8. The fraction of sp³-hybridized carbons (Fsp3) is 0.750. The number of hydrogen-bond acceptors (Lipinski definition) is 4. The lowest BCUT2D eigenvalue weighted by Crippen LogP contribution is -2.50. The second kappa shape index (κ2) is 6.51. The van der Waals surface area contributed by atoms with Gasteiger partial charge >= 0.3 is 11.9 Å². The van der Waals surface area contributed by atoms with Crippen LogP contribution in [0, 0.1) is 17.8 Å². The van der Waals surface area contributed by atoms with Crippen molar-refractivity contribution in [3.05, 3.63) is 0 Å². The van der Waals surface area contributed by atoms with Crippen molar-refractivity contribution >= 4 is 17.8 Å². The summed E-state index contributed by atoms with van der Waals surface area (Å²) < 4.78 is 0. The molecule has 1 rings (SSSR count). The number of amides is 1. The molecule has 0 aromatic carbocycles. The molecule has 0 aromatic heterocycles. The lowest BCUT2D eigenvalue weighted by Gasteiger charge is -2.36. The topological polar surface area (TPSA) is 121 Å². The van der Waals surface area contributed by atoms with Gasteiger partial charge < -0.3 is 20.8 Å². The molecule has 0 radical (unpaired) electrons. The Morgan fingerprint density at radius 3 is 2.26 bits per heavy atom. The van der Waals surface area contributed by atoms with Crippen LogP contribution in [0.2, 0.25) is 0 Å². The van der Waals surface area contributed by atoms with Crippen molar-refractivity contribution in [2.24, 2.45) is 23.5 Å². The van der Waals surface area contributed by atoms with Gasteiger partial charge in [-0.3, -0.25) is 14.4 Å². The maximum Gasteiger partial charge on any atom is 0.309 e. The number of hydrogen-bond donors (Lipinski definition) is 3.